The maximum Gasteiger partial charge on any atom is 0.314 e. The van der Waals surface area contributed by atoms with E-state index in [2.05, 4.69) is 0 Å². The molecule has 1 aliphatic heterocycles. The Labute approximate surface area is 105 Å². The Bertz CT molecular complexity index is 446. The summed E-state index contributed by atoms with van der Waals surface area (Å²) in [6.07, 6.45) is 3.22. The van der Waals surface area contributed by atoms with Gasteiger partial charge >= 0.3 is 5.97 Å². The number of carbonyl (C=O) groups excluding carboxylic acids is 1. The predicted octanol–water partition coefficient (Wildman–Crippen LogP) is 1.13. The van der Waals surface area contributed by atoms with Gasteiger partial charge in [0.15, 0.2) is 11.6 Å². The number of aliphatic carboxylic acids is 1. The van der Waals surface area contributed by atoms with Gasteiger partial charge in [-0.2, -0.15) is 0 Å². The third kappa shape index (κ3) is 1.34. The molecule has 1 spiro atoms. The van der Waals surface area contributed by atoms with Crippen LogP contribution in [-0.2, 0) is 19.1 Å². The van der Waals surface area contributed by atoms with Crippen LogP contribution in [0.15, 0.2) is 11.6 Å². The molecule has 0 aromatic rings. The van der Waals surface area contributed by atoms with Crippen molar-refractivity contribution < 1.29 is 24.2 Å². The van der Waals surface area contributed by atoms with E-state index in [1.165, 1.54) is 6.08 Å². The Hall–Kier alpha value is -1.20. The van der Waals surface area contributed by atoms with Crippen molar-refractivity contribution in [2.45, 2.75) is 32.0 Å². The van der Waals surface area contributed by atoms with E-state index < -0.39 is 23.1 Å². The van der Waals surface area contributed by atoms with Gasteiger partial charge in [0.05, 0.1) is 13.2 Å². The first-order valence-corrected chi connectivity index (χ1v) is 6.24. The van der Waals surface area contributed by atoms with Crippen molar-refractivity contribution in [3.63, 3.8) is 0 Å². The zero-order chi connectivity index (χ0) is 13.0. The molecule has 1 saturated heterocycles. The molecule has 2 atom stereocenters. The molecule has 2 fully saturated rings. The number of allylic oxidation sites excluding steroid dienone is 1. The van der Waals surface area contributed by atoms with E-state index in [0.717, 1.165) is 12.0 Å². The number of rotatable bonds is 1. The zero-order valence-corrected chi connectivity index (χ0v) is 10.3. The van der Waals surface area contributed by atoms with Crippen LogP contribution in [0.2, 0.25) is 0 Å². The number of carboxylic acid groups (broad SMARTS) is 1. The second kappa shape index (κ2) is 3.65. The zero-order valence-electron chi connectivity index (χ0n) is 10.3. The fourth-order valence-corrected chi connectivity index (χ4v) is 3.52. The van der Waals surface area contributed by atoms with Crippen molar-refractivity contribution in [2.75, 3.05) is 13.2 Å². The number of hydrogen-bond donors (Lipinski definition) is 1. The summed E-state index contributed by atoms with van der Waals surface area (Å²) in [6.45, 7) is 3.03. The van der Waals surface area contributed by atoms with E-state index in [-0.39, 0.29) is 12.2 Å². The Morgan fingerprint density at radius 3 is 2.72 bits per heavy atom. The highest BCUT2D eigenvalue weighted by atomic mass is 16.7. The van der Waals surface area contributed by atoms with Crippen molar-refractivity contribution >= 4 is 11.8 Å². The molecule has 0 aromatic heterocycles. The first-order chi connectivity index (χ1) is 8.48. The number of ketones is 1. The molecule has 0 amide bonds. The molecule has 0 aromatic carbocycles. The Balaban J connectivity index is 2.03. The number of fused-ring (bicyclic) bond motifs is 2. The molecule has 3 rings (SSSR count). The SMILES string of the molecule is C[C@@]12CC(C(=O)O)C(=O)C=C1CCC21OCCO1. The van der Waals surface area contributed by atoms with Crippen molar-refractivity contribution in [1.29, 1.82) is 0 Å². The molecule has 0 radical (unpaired) electrons. The summed E-state index contributed by atoms with van der Waals surface area (Å²) in [6, 6.07) is 0. The Morgan fingerprint density at radius 2 is 2.11 bits per heavy atom. The monoisotopic (exact) mass is 252 g/mol. The lowest BCUT2D eigenvalue weighted by atomic mass is 9.68. The molecule has 5 heteroatoms. The molecule has 5 nitrogen and oxygen atoms in total. The summed E-state index contributed by atoms with van der Waals surface area (Å²) in [5.41, 5.74) is 0.493. The lowest BCUT2D eigenvalue weighted by molar-refractivity contribution is -0.214. The molecule has 18 heavy (non-hydrogen) atoms. The van der Waals surface area contributed by atoms with Crippen LogP contribution in [0.5, 0.6) is 0 Å². The summed E-state index contributed by atoms with van der Waals surface area (Å²) in [4.78, 5) is 23.0. The van der Waals surface area contributed by atoms with Crippen molar-refractivity contribution in [2.24, 2.45) is 11.3 Å². The minimum absolute atomic E-state index is 0.271. The van der Waals surface area contributed by atoms with Gasteiger partial charge in [-0.1, -0.05) is 12.5 Å². The van der Waals surface area contributed by atoms with Gasteiger partial charge < -0.3 is 14.6 Å². The first kappa shape index (κ1) is 11.9. The summed E-state index contributed by atoms with van der Waals surface area (Å²) >= 11 is 0. The van der Waals surface area contributed by atoms with Crippen LogP contribution in [0.25, 0.3) is 0 Å². The highest BCUT2D eigenvalue weighted by molar-refractivity contribution is 6.05. The van der Waals surface area contributed by atoms with Gasteiger partial charge in [-0.3, -0.25) is 9.59 Å². The predicted molar refractivity (Wildman–Crippen MR) is 60.8 cm³/mol. The van der Waals surface area contributed by atoms with E-state index in [1.807, 2.05) is 6.92 Å². The van der Waals surface area contributed by atoms with E-state index in [4.69, 9.17) is 14.6 Å². The average molecular weight is 252 g/mol. The summed E-state index contributed by atoms with van der Waals surface area (Å²) in [5, 5.41) is 9.14. The van der Waals surface area contributed by atoms with E-state index in [0.29, 0.717) is 19.6 Å². The maximum atomic E-state index is 11.8. The number of hydrogen-bond acceptors (Lipinski definition) is 4. The van der Waals surface area contributed by atoms with Gasteiger partial charge in [-0.05, 0) is 18.9 Å². The van der Waals surface area contributed by atoms with Gasteiger partial charge in [0.2, 0.25) is 0 Å². The van der Waals surface area contributed by atoms with Crippen LogP contribution in [0.4, 0.5) is 0 Å². The Morgan fingerprint density at radius 1 is 1.44 bits per heavy atom. The van der Waals surface area contributed by atoms with Gasteiger partial charge in [0.1, 0.15) is 5.92 Å². The lowest BCUT2D eigenvalue weighted by Crippen LogP contribution is -2.48. The van der Waals surface area contributed by atoms with Crippen LogP contribution < -0.4 is 0 Å². The van der Waals surface area contributed by atoms with Gasteiger partial charge in [0.25, 0.3) is 0 Å². The summed E-state index contributed by atoms with van der Waals surface area (Å²) in [5.74, 6) is -3.05. The fourth-order valence-electron chi connectivity index (χ4n) is 3.52. The molecule has 98 valence electrons. The minimum Gasteiger partial charge on any atom is -0.481 e. The summed E-state index contributed by atoms with van der Waals surface area (Å²) in [7, 11) is 0. The van der Waals surface area contributed by atoms with Crippen molar-refractivity contribution in [1.82, 2.24) is 0 Å². The molecule has 0 bridgehead atoms. The molecular formula is C13H16O5. The highest BCUT2D eigenvalue weighted by Crippen LogP contribution is 2.59. The molecule has 1 saturated carbocycles. The van der Waals surface area contributed by atoms with Gasteiger partial charge in [-0.15, -0.1) is 0 Å². The van der Waals surface area contributed by atoms with E-state index in [1.54, 1.807) is 0 Å². The fraction of sp³-hybridized carbons (Fsp3) is 0.692. The molecule has 1 heterocycles. The molecule has 2 aliphatic carbocycles. The van der Waals surface area contributed by atoms with Crippen LogP contribution in [0.3, 0.4) is 0 Å². The van der Waals surface area contributed by atoms with E-state index >= 15 is 0 Å². The third-order valence-electron chi connectivity index (χ3n) is 4.60. The quantitative estimate of drug-likeness (QED) is 0.708. The van der Waals surface area contributed by atoms with Crippen LogP contribution >= 0.6 is 0 Å². The second-order valence-corrected chi connectivity index (χ2v) is 5.45. The normalized spacial score (nSPS) is 37.7. The topological polar surface area (TPSA) is 72.8 Å². The summed E-state index contributed by atoms with van der Waals surface area (Å²) < 4.78 is 11.5. The number of carboxylic acids is 1. The third-order valence-corrected chi connectivity index (χ3v) is 4.60. The Kier molecular flexibility index (Phi) is 2.40. The second-order valence-electron chi connectivity index (χ2n) is 5.45. The van der Waals surface area contributed by atoms with Crippen LogP contribution in [0, 0.1) is 11.3 Å². The smallest absolute Gasteiger partial charge is 0.314 e. The van der Waals surface area contributed by atoms with Gasteiger partial charge in [0, 0.05) is 11.8 Å². The van der Waals surface area contributed by atoms with Crippen LogP contribution in [-0.4, -0.2) is 35.9 Å². The molecule has 3 aliphatic rings. The van der Waals surface area contributed by atoms with Crippen molar-refractivity contribution in [3.8, 4) is 0 Å². The highest BCUT2D eigenvalue weighted by Gasteiger charge is 2.61. The minimum atomic E-state index is -1.06. The number of ether oxygens (including phenoxy) is 2. The molecule has 1 N–H and O–H groups in total. The average Bonchev–Trinajstić information content (AvgIpc) is 2.88. The largest absolute Gasteiger partial charge is 0.481 e. The maximum absolute atomic E-state index is 11.8. The lowest BCUT2D eigenvalue weighted by Gasteiger charge is -2.42. The number of carbonyl (C=O) groups is 2. The molecular weight excluding hydrogens is 236 g/mol. The van der Waals surface area contributed by atoms with Crippen molar-refractivity contribution in [3.05, 3.63) is 11.6 Å². The first-order valence-electron chi connectivity index (χ1n) is 6.24. The molecule has 1 unspecified atom stereocenters. The van der Waals surface area contributed by atoms with Gasteiger partial charge in [-0.25, -0.2) is 0 Å². The van der Waals surface area contributed by atoms with Crippen LogP contribution in [0.1, 0.15) is 26.2 Å². The van der Waals surface area contributed by atoms with E-state index in [9.17, 15) is 9.59 Å². The standard InChI is InChI=1S/C13H16O5/c1-12-7-9(11(15)16)10(14)6-8(12)2-3-13(12)17-4-5-18-13/h6,9H,2-5,7H2,1H3,(H,15,16)/t9?,12-/m1/s1.